The van der Waals surface area contributed by atoms with Gasteiger partial charge in [-0.2, -0.15) is 0 Å². The highest BCUT2D eigenvalue weighted by molar-refractivity contribution is 5.54. The molecule has 0 fully saturated rings. The third kappa shape index (κ3) is 2.72. The van der Waals surface area contributed by atoms with Gasteiger partial charge in [-0.1, -0.05) is 12.1 Å². The molecule has 2 heteroatoms. The molecule has 1 aliphatic rings. The van der Waals surface area contributed by atoms with E-state index in [0.29, 0.717) is 0 Å². The monoisotopic (exact) mass is 204 g/mol. The molecule has 2 rings (SSSR count). The lowest BCUT2D eigenvalue weighted by atomic mass is 9.99. The fourth-order valence-corrected chi connectivity index (χ4v) is 2.15. The summed E-state index contributed by atoms with van der Waals surface area (Å²) in [5, 5.41) is 6.63. The maximum Gasteiger partial charge on any atom is 0.0372 e. The molecule has 0 aromatic heterocycles. The van der Waals surface area contributed by atoms with Gasteiger partial charge >= 0.3 is 0 Å². The molecule has 1 heterocycles. The van der Waals surface area contributed by atoms with E-state index in [2.05, 4.69) is 28.8 Å². The zero-order valence-corrected chi connectivity index (χ0v) is 9.47. The number of benzene rings is 1. The summed E-state index contributed by atoms with van der Waals surface area (Å²) in [5.41, 5.74) is 4.33. The minimum Gasteiger partial charge on any atom is -0.385 e. The van der Waals surface area contributed by atoms with Crippen LogP contribution in [0.15, 0.2) is 18.2 Å². The maximum atomic E-state index is 3.44. The molecule has 2 nitrogen and oxygen atoms in total. The minimum atomic E-state index is 1.11. The number of hydrogen-bond acceptors (Lipinski definition) is 2. The van der Waals surface area contributed by atoms with Crippen molar-refractivity contribution in [3.05, 3.63) is 29.3 Å². The molecular weight excluding hydrogens is 184 g/mol. The number of hydrogen-bond donors (Lipinski definition) is 2. The van der Waals surface area contributed by atoms with Gasteiger partial charge in [-0.05, 0) is 56.5 Å². The van der Waals surface area contributed by atoms with Crippen LogP contribution in [0, 0.1) is 0 Å². The third-order valence-corrected chi connectivity index (χ3v) is 3.00. The highest BCUT2D eigenvalue weighted by Crippen LogP contribution is 2.23. The fraction of sp³-hybridized carbons (Fsp3) is 0.538. The molecule has 0 bridgehead atoms. The van der Waals surface area contributed by atoms with E-state index in [9.17, 15) is 0 Å². The SMILES string of the molecule is CNCCCc1ccc2c(c1)CCCN2. The van der Waals surface area contributed by atoms with Crippen molar-refractivity contribution in [2.45, 2.75) is 25.7 Å². The molecule has 82 valence electrons. The molecule has 0 saturated heterocycles. The van der Waals surface area contributed by atoms with Gasteiger partial charge in [0.25, 0.3) is 0 Å². The van der Waals surface area contributed by atoms with Gasteiger partial charge in [-0.25, -0.2) is 0 Å². The zero-order chi connectivity index (χ0) is 10.5. The topological polar surface area (TPSA) is 24.1 Å². The highest BCUT2D eigenvalue weighted by Gasteiger charge is 2.08. The number of rotatable bonds is 4. The summed E-state index contributed by atoms with van der Waals surface area (Å²) in [7, 11) is 2.01. The normalized spacial score (nSPS) is 14.5. The summed E-state index contributed by atoms with van der Waals surface area (Å²) in [5.74, 6) is 0. The second kappa shape index (κ2) is 5.17. The van der Waals surface area contributed by atoms with Crippen LogP contribution in [0.5, 0.6) is 0 Å². The molecule has 1 aliphatic heterocycles. The Morgan fingerprint density at radius 2 is 2.33 bits per heavy atom. The second-order valence-electron chi connectivity index (χ2n) is 4.23. The molecule has 0 amide bonds. The molecule has 1 aromatic rings. The van der Waals surface area contributed by atoms with Gasteiger partial charge in [-0.15, -0.1) is 0 Å². The van der Waals surface area contributed by atoms with E-state index in [0.717, 1.165) is 13.1 Å². The van der Waals surface area contributed by atoms with Crippen molar-refractivity contribution >= 4 is 5.69 Å². The van der Waals surface area contributed by atoms with Crippen LogP contribution in [-0.2, 0) is 12.8 Å². The van der Waals surface area contributed by atoms with Crippen molar-refractivity contribution < 1.29 is 0 Å². The predicted molar refractivity (Wildman–Crippen MR) is 65.5 cm³/mol. The van der Waals surface area contributed by atoms with Crippen LogP contribution in [-0.4, -0.2) is 20.1 Å². The first-order chi connectivity index (χ1) is 7.40. The maximum absolute atomic E-state index is 3.44. The molecule has 0 radical (unpaired) electrons. The van der Waals surface area contributed by atoms with Gasteiger partial charge in [-0.3, -0.25) is 0 Å². The van der Waals surface area contributed by atoms with E-state index in [4.69, 9.17) is 0 Å². The molecule has 0 saturated carbocycles. The van der Waals surface area contributed by atoms with Gasteiger partial charge in [0, 0.05) is 12.2 Å². The second-order valence-corrected chi connectivity index (χ2v) is 4.23. The van der Waals surface area contributed by atoms with Crippen molar-refractivity contribution in [1.82, 2.24) is 5.32 Å². The molecular formula is C13H20N2. The third-order valence-electron chi connectivity index (χ3n) is 3.00. The van der Waals surface area contributed by atoms with Crippen molar-refractivity contribution in [3.8, 4) is 0 Å². The van der Waals surface area contributed by atoms with Crippen LogP contribution in [0.1, 0.15) is 24.0 Å². The molecule has 0 spiro atoms. The predicted octanol–water partition coefficient (Wildman–Crippen LogP) is 2.20. The number of aryl methyl sites for hydroxylation is 2. The summed E-state index contributed by atoms with van der Waals surface area (Å²) < 4.78 is 0. The standard InChI is InChI=1S/C13H20N2/c1-14-8-2-4-11-6-7-13-12(10-11)5-3-9-15-13/h6-7,10,14-15H,2-5,8-9H2,1H3. The Bertz CT molecular complexity index is 320. The van der Waals surface area contributed by atoms with Crippen LogP contribution in [0.3, 0.4) is 0 Å². The fourth-order valence-electron chi connectivity index (χ4n) is 2.15. The first-order valence-corrected chi connectivity index (χ1v) is 5.90. The van der Waals surface area contributed by atoms with Crippen LogP contribution >= 0.6 is 0 Å². The average Bonchev–Trinajstić information content (AvgIpc) is 2.29. The van der Waals surface area contributed by atoms with Crippen molar-refractivity contribution in [2.75, 3.05) is 25.5 Å². The van der Waals surface area contributed by atoms with Gasteiger partial charge < -0.3 is 10.6 Å². The van der Waals surface area contributed by atoms with E-state index < -0.39 is 0 Å². The summed E-state index contributed by atoms with van der Waals surface area (Å²) in [6.45, 7) is 2.24. The van der Waals surface area contributed by atoms with Crippen molar-refractivity contribution in [2.24, 2.45) is 0 Å². The molecule has 0 unspecified atom stereocenters. The summed E-state index contributed by atoms with van der Waals surface area (Å²) in [6, 6.07) is 6.87. The van der Waals surface area contributed by atoms with Gasteiger partial charge in [0.05, 0.1) is 0 Å². The molecule has 2 N–H and O–H groups in total. The first kappa shape index (κ1) is 10.5. The largest absolute Gasteiger partial charge is 0.385 e. The number of anilines is 1. The Labute approximate surface area is 92.1 Å². The molecule has 15 heavy (non-hydrogen) atoms. The van der Waals surface area contributed by atoms with Crippen LogP contribution in [0.2, 0.25) is 0 Å². The Balaban J connectivity index is 2.00. The average molecular weight is 204 g/mol. The van der Waals surface area contributed by atoms with E-state index in [1.165, 1.54) is 42.5 Å². The van der Waals surface area contributed by atoms with E-state index in [1.54, 1.807) is 0 Å². The van der Waals surface area contributed by atoms with Crippen LogP contribution < -0.4 is 10.6 Å². The Morgan fingerprint density at radius 1 is 1.40 bits per heavy atom. The number of fused-ring (bicyclic) bond motifs is 1. The summed E-state index contributed by atoms with van der Waals surface area (Å²) >= 11 is 0. The van der Waals surface area contributed by atoms with Gasteiger partial charge in [0.15, 0.2) is 0 Å². The first-order valence-electron chi connectivity index (χ1n) is 5.90. The summed E-state index contributed by atoms with van der Waals surface area (Å²) in [6.07, 6.45) is 4.92. The van der Waals surface area contributed by atoms with Crippen molar-refractivity contribution in [1.29, 1.82) is 0 Å². The molecule has 0 aliphatic carbocycles. The van der Waals surface area contributed by atoms with E-state index >= 15 is 0 Å². The Hall–Kier alpha value is -1.02. The smallest absolute Gasteiger partial charge is 0.0372 e. The highest BCUT2D eigenvalue weighted by atomic mass is 14.9. The quantitative estimate of drug-likeness (QED) is 0.735. The van der Waals surface area contributed by atoms with Gasteiger partial charge in [0.1, 0.15) is 0 Å². The summed E-state index contributed by atoms with van der Waals surface area (Å²) in [4.78, 5) is 0. The lowest BCUT2D eigenvalue weighted by molar-refractivity contribution is 0.723. The molecule has 1 aromatic carbocycles. The Kier molecular flexibility index (Phi) is 3.62. The Morgan fingerprint density at radius 3 is 3.20 bits per heavy atom. The van der Waals surface area contributed by atoms with E-state index in [1.807, 2.05) is 7.05 Å². The zero-order valence-electron chi connectivity index (χ0n) is 9.47. The van der Waals surface area contributed by atoms with Crippen molar-refractivity contribution in [3.63, 3.8) is 0 Å². The number of nitrogens with one attached hydrogen (secondary N) is 2. The van der Waals surface area contributed by atoms with Gasteiger partial charge in [0.2, 0.25) is 0 Å². The lowest BCUT2D eigenvalue weighted by Gasteiger charge is -2.18. The van der Waals surface area contributed by atoms with Crippen LogP contribution in [0.4, 0.5) is 5.69 Å². The minimum absolute atomic E-state index is 1.11. The lowest BCUT2D eigenvalue weighted by Crippen LogP contribution is -2.12. The van der Waals surface area contributed by atoms with Crippen LogP contribution in [0.25, 0.3) is 0 Å². The van der Waals surface area contributed by atoms with E-state index in [-0.39, 0.29) is 0 Å². The molecule has 0 atom stereocenters.